The minimum absolute atomic E-state index is 0.0562. The van der Waals surface area contributed by atoms with E-state index in [2.05, 4.69) is 4.72 Å². The van der Waals surface area contributed by atoms with Gasteiger partial charge in [0, 0.05) is 12.1 Å². The second-order valence-corrected chi connectivity index (χ2v) is 7.34. The van der Waals surface area contributed by atoms with Gasteiger partial charge in [-0.2, -0.15) is 0 Å². The zero-order valence-corrected chi connectivity index (χ0v) is 12.6. The highest BCUT2D eigenvalue weighted by atomic mass is 35.5. The molecule has 0 amide bonds. The van der Waals surface area contributed by atoms with Crippen LogP contribution in [-0.4, -0.2) is 20.5 Å². The molecule has 0 heterocycles. The molecule has 0 aromatic heterocycles. The number of nitrogens with one attached hydrogen (secondary N) is 1. The largest absolute Gasteiger partial charge is 0.328 e. The second-order valence-electron chi connectivity index (χ2n) is 4.81. The Labute approximate surface area is 123 Å². The van der Waals surface area contributed by atoms with Crippen LogP contribution in [0.2, 0.25) is 10.0 Å². The molecular formula is C12H16Cl2N2O2S. The first-order valence-electron chi connectivity index (χ1n) is 6.11. The van der Waals surface area contributed by atoms with E-state index in [1.165, 1.54) is 18.2 Å². The molecule has 2 rings (SSSR count). The quantitative estimate of drug-likeness (QED) is 0.898. The van der Waals surface area contributed by atoms with Crippen LogP contribution in [-0.2, 0) is 10.0 Å². The normalized spacial score (nSPS) is 24.4. The van der Waals surface area contributed by atoms with Crippen molar-refractivity contribution in [3.8, 4) is 0 Å². The van der Waals surface area contributed by atoms with Gasteiger partial charge in [0.15, 0.2) is 0 Å². The molecule has 7 heteroatoms. The molecule has 0 aliphatic heterocycles. The van der Waals surface area contributed by atoms with Crippen molar-refractivity contribution in [1.29, 1.82) is 0 Å². The van der Waals surface area contributed by atoms with Gasteiger partial charge < -0.3 is 5.73 Å². The van der Waals surface area contributed by atoms with Crippen molar-refractivity contribution in [2.75, 3.05) is 0 Å². The Morgan fingerprint density at radius 2 is 1.74 bits per heavy atom. The first-order chi connectivity index (χ1) is 8.88. The Morgan fingerprint density at radius 1 is 1.11 bits per heavy atom. The number of hydrogen-bond donors (Lipinski definition) is 2. The van der Waals surface area contributed by atoms with Gasteiger partial charge in [0.2, 0.25) is 10.0 Å². The highest BCUT2D eigenvalue weighted by molar-refractivity contribution is 7.89. The number of halogens is 2. The van der Waals surface area contributed by atoms with Gasteiger partial charge >= 0.3 is 0 Å². The zero-order chi connectivity index (χ0) is 14.0. The molecule has 106 valence electrons. The smallest absolute Gasteiger partial charge is 0.240 e. The van der Waals surface area contributed by atoms with Crippen molar-refractivity contribution in [2.24, 2.45) is 5.73 Å². The van der Waals surface area contributed by atoms with Crippen LogP contribution < -0.4 is 10.5 Å². The average Bonchev–Trinajstić information content (AvgIpc) is 2.35. The van der Waals surface area contributed by atoms with Crippen molar-refractivity contribution in [3.05, 3.63) is 28.2 Å². The first kappa shape index (κ1) is 15.1. The number of rotatable bonds is 3. The van der Waals surface area contributed by atoms with Crippen LogP contribution in [0.4, 0.5) is 0 Å². The van der Waals surface area contributed by atoms with Crippen LogP contribution in [0.25, 0.3) is 0 Å². The Bertz CT molecular complexity index is 555. The van der Waals surface area contributed by atoms with E-state index in [-0.39, 0.29) is 22.0 Å². The molecular weight excluding hydrogens is 307 g/mol. The van der Waals surface area contributed by atoms with Crippen molar-refractivity contribution in [3.63, 3.8) is 0 Å². The summed E-state index contributed by atoms with van der Waals surface area (Å²) < 4.78 is 27.1. The third kappa shape index (κ3) is 3.83. The average molecular weight is 323 g/mol. The van der Waals surface area contributed by atoms with Crippen LogP contribution in [0, 0.1) is 0 Å². The molecule has 1 aromatic rings. The maximum absolute atomic E-state index is 12.2. The Morgan fingerprint density at radius 3 is 2.32 bits per heavy atom. The van der Waals surface area contributed by atoms with Gasteiger partial charge in [-0.1, -0.05) is 23.2 Å². The molecule has 0 atom stereocenters. The monoisotopic (exact) mass is 322 g/mol. The highest BCUT2D eigenvalue weighted by Crippen LogP contribution is 2.26. The van der Waals surface area contributed by atoms with Gasteiger partial charge in [-0.05, 0) is 43.9 Å². The lowest BCUT2D eigenvalue weighted by atomic mass is 9.93. The van der Waals surface area contributed by atoms with E-state index in [1.807, 2.05) is 0 Å². The van der Waals surface area contributed by atoms with E-state index in [4.69, 9.17) is 28.9 Å². The molecule has 0 saturated heterocycles. The summed E-state index contributed by atoms with van der Waals surface area (Å²) in [6.45, 7) is 0. The summed E-state index contributed by atoms with van der Waals surface area (Å²) in [5.74, 6) is 0. The lowest BCUT2D eigenvalue weighted by molar-refractivity contribution is 0.373. The SMILES string of the molecule is NC1CCC(NS(=O)(=O)c2ccc(Cl)c(Cl)c2)CC1. The summed E-state index contributed by atoms with van der Waals surface area (Å²) >= 11 is 11.6. The van der Waals surface area contributed by atoms with Gasteiger partial charge in [0.05, 0.1) is 14.9 Å². The van der Waals surface area contributed by atoms with E-state index >= 15 is 0 Å². The second kappa shape index (κ2) is 5.97. The highest BCUT2D eigenvalue weighted by Gasteiger charge is 2.24. The number of nitrogens with two attached hydrogens (primary N) is 1. The molecule has 1 aromatic carbocycles. The van der Waals surface area contributed by atoms with Gasteiger partial charge in [0.25, 0.3) is 0 Å². The van der Waals surface area contributed by atoms with Crippen LogP contribution >= 0.6 is 23.2 Å². The van der Waals surface area contributed by atoms with Crippen LogP contribution in [0.5, 0.6) is 0 Å². The van der Waals surface area contributed by atoms with Crippen molar-refractivity contribution >= 4 is 33.2 Å². The Kier molecular flexibility index (Phi) is 4.74. The molecule has 1 aliphatic rings. The van der Waals surface area contributed by atoms with Gasteiger partial charge in [-0.25, -0.2) is 13.1 Å². The summed E-state index contributed by atoms with van der Waals surface area (Å²) in [5.41, 5.74) is 5.80. The van der Waals surface area contributed by atoms with Crippen molar-refractivity contribution < 1.29 is 8.42 Å². The van der Waals surface area contributed by atoms with E-state index in [0.29, 0.717) is 5.02 Å². The molecule has 0 bridgehead atoms. The summed E-state index contributed by atoms with van der Waals surface area (Å²) in [4.78, 5) is 0.136. The minimum Gasteiger partial charge on any atom is -0.328 e. The number of sulfonamides is 1. The van der Waals surface area contributed by atoms with Gasteiger partial charge in [-0.15, -0.1) is 0 Å². The summed E-state index contributed by atoms with van der Waals surface area (Å²) in [6.07, 6.45) is 3.21. The molecule has 4 nitrogen and oxygen atoms in total. The predicted molar refractivity (Wildman–Crippen MR) is 77.0 cm³/mol. The lowest BCUT2D eigenvalue weighted by Gasteiger charge is -2.26. The van der Waals surface area contributed by atoms with E-state index in [0.717, 1.165) is 25.7 Å². The van der Waals surface area contributed by atoms with E-state index in [9.17, 15) is 8.42 Å². The maximum Gasteiger partial charge on any atom is 0.240 e. The van der Waals surface area contributed by atoms with Crippen molar-refractivity contribution in [2.45, 2.75) is 42.7 Å². The zero-order valence-electron chi connectivity index (χ0n) is 10.3. The molecule has 0 radical (unpaired) electrons. The van der Waals surface area contributed by atoms with Gasteiger partial charge in [0.1, 0.15) is 0 Å². The van der Waals surface area contributed by atoms with Crippen LogP contribution in [0.15, 0.2) is 23.1 Å². The fourth-order valence-corrected chi connectivity index (χ4v) is 3.86. The topological polar surface area (TPSA) is 72.2 Å². The summed E-state index contributed by atoms with van der Waals surface area (Å²) in [5, 5.41) is 0.569. The Hall–Kier alpha value is -0.330. The predicted octanol–water partition coefficient (Wildman–Crippen LogP) is 2.54. The lowest BCUT2D eigenvalue weighted by Crippen LogP contribution is -2.40. The third-order valence-corrected chi connectivity index (χ3v) is 5.55. The first-order valence-corrected chi connectivity index (χ1v) is 8.35. The van der Waals surface area contributed by atoms with Crippen molar-refractivity contribution in [1.82, 2.24) is 4.72 Å². The standard InChI is InChI=1S/C12H16Cl2N2O2S/c13-11-6-5-10(7-12(11)14)19(17,18)16-9-3-1-8(15)2-4-9/h5-9,16H,1-4,15H2. The molecule has 0 unspecified atom stereocenters. The fourth-order valence-electron chi connectivity index (χ4n) is 2.17. The molecule has 1 saturated carbocycles. The van der Waals surface area contributed by atoms with Crippen LogP contribution in [0.1, 0.15) is 25.7 Å². The molecule has 0 spiro atoms. The number of hydrogen-bond acceptors (Lipinski definition) is 3. The molecule has 1 fully saturated rings. The molecule has 3 N–H and O–H groups in total. The number of benzene rings is 1. The van der Waals surface area contributed by atoms with E-state index < -0.39 is 10.0 Å². The van der Waals surface area contributed by atoms with Gasteiger partial charge in [-0.3, -0.25) is 0 Å². The summed E-state index contributed by atoms with van der Waals surface area (Å²) in [6, 6.07) is 4.42. The van der Waals surface area contributed by atoms with E-state index in [1.54, 1.807) is 0 Å². The van der Waals surface area contributed by atoms with Crippen LogP contribution in [0.3, 0.4) is 0 Å². The minimum atomic E-state index is -3.55. The Balaban J connectivity index is 2.11. The molecule has 19 heavy (non-hydrogen) atoms. The maximum atomic E-state index is 12.2. The third-order valence-electron chi connectivity index (χ3n) is 3.30. The fraction of sp³-hybridized carbons (Fsp3) is 0.500. The summed E-state index contributed by atoms with van der Waals surface area (Å²) in [7, 11) is -3.55. The molecule has 1 aliphatic carbocycles.